The van der Waals surface area contributed by atoms with Crippen molar-refractivity contribution < 1.29 is 4.79 Å². The molecule has 1 saturated carbocycles. The van der Waals surface area contributed by atoms with Crippen LogP contribution in [0.1, 0.15) is 53.2 Å². The number of fused-ring (bicyclic) bond motifs is 4. The van der Waals surface area contributed by atoms with Crippen LogP contribution in [0.3, 0.4) is 0 Å². The van der Waals surface area contributed by atoms with Crippen molar-refractivity contribution in [2.45, 2.75) is 44.6 Å². The molecule has 1 unspecified atom stereocenters. The predicted molar refractivity (Wildman–Crippen MR) is 111 cm³/mol. The van der Waals surface area contributed by atoms with Crippen LogP contribution < -0.4 is 5.32 Å². The summed E-state index contributed by atoms with van der Waals surface area (Å²) in [6.07, 6.45) is 4.90. The fourth-order valence-corrected chi connectivity index (χ4v) is 5.06. The van der Waals surface area contributed by atoms with E-state index in [2.05, 4.69) is 43.6 Å². The van der Waals surface area contributed by atoms with E-state index in [0.717, 1.165) is 36.4 Å². The average molecular weight is 390 g/mol. The van der Waals surface area contributed by atoms with Gasteiger partial charge in [-0.3, -0.25) is 9.89 Å². The number of nitrogens with one attached hydrogen (secondary N) is 3. The van der Waals surface area contributed by atoms with E-state index in [1.54, 1.807) is 0 Å². The first-order chi connectivity index (χ1) is 14.2. The first-order valence-electron chi connectivity index (χ1n) is 10.7. The molecule has 150 valence electrons. The molecule has 5 heterocycles. The van der Waals surface area contributed by atoms with Crippen molar-refractivity contribution in [1.82, 2.24) is 30.4 Å². The monoisotopic (exact) mass is 390 g/mol. The van der Waals surface area contributed by atoms with Crippen LogP contribution in [0.5, 0.6) is 0 Å². The zero-order valence-electron chi connectivity index (χ0n) is 16.7. The van der Waals surface area contributed by atoms with E-state index in [9.17, 15) is 4.79 Å². The van der Waals surface area contributed by atoms with Gasteiger partial charge in [0.15, 0.2) is 5.82 Å². The number of aryl methyl sites for hydroxylation is 1. The molecule has 29 heavy (non-hydrogen) atoms. The van der Waals surface area contributed by atoms with Crippen LogP contribution in [0.4, 0.5) is 0 Å². The summed E-state index contributed by atoms with van der Waals surface area (Å²) in [5, 5.41) is 10.7. The molecule has 3 aliphatic heterocycles. The topological polar surface area (TPSA) is 89.7 Å². The molecule has 7 nitrogen and oxygen atoms in total. The molecule has 0 radical (unpaired) electrons. The van der Waals surface area contributed by atoms with Crippen molar-refractivity contribution in [3.8, 4) is 11.5 Å². The van der Waals surface area contributed by atoms with Gasteiger partial charge in [-0.05, 0) is 75.2 Å². The molecule has 2 bridgehead atoms. The number of aromatic nitrogens is 4. The number of carbonyl (C=O) groups is 1. The third kappa shape index (κ3) is 2.95. The Bertz CT molecular complexity index is 1090. The second-order valence-electron chi connectivity index (χ2n) is 8.93. The molecule has 7 rings (SSSR count). The van der Waals surface area contributed by atoms with Gasteiger partial charge in [-0.1, -0.05) is 6.07 Å². The van der Waals surface area contributed by atoms with Gasteiger partial charge in [0.25, 0.3) is 5.91 Å². The molecule has 1 aliphatic carbocycles. The van der Waals surface area contributed by atoms with E-state index < -0.39 is 0 Å². The number of amides is 1. The summed E-state index contributed by atoms with van der Waals surface area (Å²) in [6.45, 7) is 5.18. The highest BCUT2D eigenvalue weighted by Crippen LogP contribution is 2.41. The molecule has 0 spiro atoms. The molecular weight excluding hydrogens is 364 g/mol. The van der Waals surface area contributed by atoms with Crippen LogP contribution in [0.2, 0.25) is 0 Å². The maximum absolute atomic E-state index is 13.2. The van der Waals surface area contributed by atoms with E-state index in [4.69, 9.17) is 4.98 Å². The molecule has 4 fully saturated rings. The Morgan fingerprint density at radius 3 is 2.76 bits per heavy atom. The van der Waals surface area contributed by atoms with Crippen molar-refractivity contribution in [3.05, 3.63) is 35.0 Å². The summed E-state index contributed by atoms with van der Waals surface area (Å²) in [7, 11) is 0. The van der Waals surface area contributed by atoms with E-state index in [-0.39, 0.29) is 11.9 Å². The van der Waals surface area contributed by atoms with Gasteiger partial charge >= 0.3 is 0 Å². The standard InChI is InChI=1S/C22H26N6O/c1-12-19(22(29)25-18-11-28-8-6-14(18)7-9-28)20(27-26-12)21-23-16-5-4-15(13-2-3-13)10-17(16)24-21/h4-5,10,13-14,18H,2-3,6-9,11H2,1H3,(H,23,24)(H,25,29)(H,26,27). The average Bonchev–Trinajstić information content (AvgIpc) is 3.38. The molecule has 3 N–H and O–H groups in total. The lowest BCUT2D eigenvalue weighted by Crippen LogP contribution is -2.57. The van der Waals surface area contributed by atoms with Gasteiger partial charge < -0.3 is 15.2 Å². The Morgan fingerprint density at radius 1 is 1.21 bits per heavy atom. The number of imidazole rings is 1. The van der Waals surface area contributed by atoms with Gasteiger partial charge in [-0.2, -0.15) is 5.10 Å². The number of carbonyl (C=O) groups excluding carboxylic acids is 1. The lowest BCUT2D eigenvalue weighted by Gasteiger charge is -2.44. The predicted octanol–water partition coefficient (Wildman–Crippen LogP) is 2.96. The summed E-state index contributed by atoms with van der Waals surface area (Å²) in [5.74, 6) is 1.88. The van der Waals surface area contributed by atoms with Gasteiger partial charge in [0, 0.05) is 18.3 Å². The number of hydrogen-bond acceptors (Lipinski definition) is 4. The van der Waals surface area contributed by atoms with Crippen molar-refractivity contribution >= 4 is 16.9 Å². The molecule has 3 aromatic rings. The van der Waals surface area contributed by atoms with Crippen molar-refractivity contribution in [3.63, 3.8) is 0 Å². The highest BCUT2D eigenvalue weighted by Gasteiger charge is 2.36. The molecule has 1 aromatic carbocycles. The van der Waals surface area contributed by atoms with Crippen molar-refractivity contribution in [2.75, 3.05) is 19.6 Å². The third-order valence-corrected chi connectivity index (χ3v) is 6.93. The number of aromatic amines is 2. The van der Waals surface area contributed by atoms with Crippen LogP contribution >= 0.6 is 0 Å². The molecule has 4 aliphatic rings. The number of benzene rings is 1. The Balaban J connectivity index is 1.31. The van der Waals surface area contributed by atoms with Crippen molar-refractivity contribution in [2.24, 2.45) is 5.92 Å². The van der Waals surface area contributed by atoms with Gasteiger partial charge in [-0.25, -0.2) is 4.98 Å². The first-order valence-corrected chi connectivity index (χ1v) is 10.7. The molecule has 7 heteroatoms. The van der Waals surface area contributed by atoms with Gasteiger partial charge in [0.2, 0.25) is 0 Å². The Morgan fingerprint density at radius 2 is 2.03 bits per heavy atom. The summed E-state index contributed by atoms with van der Waals surface area (Å²) in [6, 6.07) is 6.65. The van der Waals surface area contributed by atoms with E-state index >= 15 is 0 Å². The van der Waals surface area contributed by atoms with Crippen LogP contribution in [0.15, 0.2) is 18.2 Å². The number of piperidine rings is 3. The fourth-order valence-electron chi connectivity index (χ4n) is 5.06. The number of nitrogens with zero attached hydrogens (tertiary/aromatic N) is 3. The van der Waals surface area contributed by atoms with Crippen molar-refractivity contribution in [1.29, 1.82) is 0 Å². The first kappa shape index (κ1) is 17.2. The molecule has 1 atom stereocenters. The quantitative estimate of drug-likeness (QED) is 0.639. The maximum Gasteiger partial charge on any atom is 0.255 e. The minimum absolute atomic E-state index is 0.0517. The Hall–Kier alpha value is -2.67. The smallest absolute Gasteiger partial charge is 0.255 e. The second kappa shape index (κ2) is 6.42. The molecule has 1 amide bonds. The number of H-pyrrole nitrogens is 2. The lowest BCUT2D eigenvalue weighted by atomic mass is 9.84. The lowest BCUT2D eigenvalue weighted by molar-refractivity contribution is 0.0620. The molecule has 2 aromatic heterocycles. The Kier molecular flexibility index (Phi) is 3.81. The zero-order valence-corrected chi connectivity index (χ0v) is 16.7. The van der Waals surface area contributed by atoms with Gasteiger partial charge in [-0.15, -0.1) is 0 Å². The summed E-state index contributed by atoms with van der Waals surface area (Å²) >= 11 is 0. The minimum Gasteiger partial charge on any atom is -0.348 e. The van der Waals surface area contributed by atoms with E-state index in [1.165, 1.54) is 31.2 Å². The third-order valence-electron chi connectivity index (χ3n) is 6.93. The SMILES string of the molecule is Cc1[nH]nc(-c2nc3ccc(C4CC4)cc3[nH]2)c1C(=O)NC1CN2CCC1CC2. The summed E-state index contributed by atoms with van der Waals surface area (Å²) < 4.78 is 0. The minimum atomic E-state index is -0.0517. The van der Waals surface area contributed by atoms with Gasteiger partial charge in [0.1, 0.15) is 5.69 Å². The van der Waals surface area contributed by atoms with Gasteiger partial charge in [0.05, 0.1) is 16.6 Å². The molecular formula is C22H26N6O. The fraction of sp³-hybridized carbons (Fsp3) is 0.500. The Labute approximate surface area is 169 Å². The van der Waals surface area contributed by atoms with E-state index in [0.29, 0.717) is 28.9 Å². The highest BCUT2D eigenvalue weighted by atomic mass is 16.1. The summed E-state index contributed by atoms with van der Waals surface area (Å²) in [5.41, 5.74) is 5.26. The summed E-state index contributed by atoms with van der Waals surface area (Å²) in [4.78, 5) is 23.8. The maximum atomic E-state index is 13.2. The van der Waals surface area contributed by atoms with Crippen LogP contribution in [-0.2, 0) is 0 Å². The van der Waals surface area contributed by atoms with Crippen LogP contribution in [-0.4, -0.2) is 56.6 Å². The van der Waals surface area contributed by atoms with E-state index in [1.807, 2.05) is 6.92 Å². The zero-order chi connectivity index (χ0) is 19.5. The normalized spacial score (nSPS) is 26.2. The largest absolute Gasteiger partial charge is 0.348 e. The number of rotatable bonds is 4. The number of hydrogen-bond donors (Lipinski definition) is 3. The highest BCUT2D eigenvalue weighted by molar-refractivity contribution is 6.01. The molecule has 3 saturated heterocycles. The van der Waals surface area contributed by atoms with Crippen LogP contribution in [0, 0.1) is 12.8 Å². The van der Waals surface area contributed by atoms with Crippen LogP contribution in [0.25, 0.3) is 22.6 Å². The second-order valence-corrected chi connectivity index (χ2v) is 8.93.